The minimum absolute atomic E-state index is 0.0905. The zero-order chi connectivity index (χ0) is 19.1. The van der Waals surface area contributed by atoms with E-state index in [0.717, 1.165) is 59.3 Å². The third-order valence-corrected chi connectivity index (χ3v) is 5.67. The summed E-state index contributed by atoms with van der Waals surface area (Å²) in [4.78, 5) is 26.3. The number of benzene rings is 2. The number of hydrogen-bond acceptors (Lipinski definition) is 6. The number of carbonyl (C=O) groups excluding carboxylic acids is 1. The van der Waals surface area contributed by atoms with Gasteiger partial charge >= 0.3 is 0 Å². The number of ketones is 1. The van der Waals surface area contributed by atoms with Crippen molar-refractivity contribution >= 4 is 39.8 Å². The number of anilines is 2. The normalized spacial score (nSPS) is 17.0. The number of aromatic nitrogens is 2. The first-order chi connectivity index (χ1) is 13.7. The van der Waals surface area contributed by atoms with Gasteiger partial charge in [-0.05, 0) is 30.3 Å². The summed E-state index contributed by atoms with van der Waals surface area (Å²) in [5.74, 6) is 1.66. The van der Waals surface area contributed by atoms with Crippen LogP contribution in [0.25, 0.3) is 10.9 Å². The molecule has 0 atom stereocenters. The largest absolute Gasteiger partial charge is 0.369 e. The molecule has 28 heavy (non-hydrogen) atoms. The zero-order valence-corrected chi connectivity index (χ0v) is 16.1. The highest BCUT2D eigenvalue weighted by Crippen LogP contribution is 2.28. The second kappa shape index (κ2) is 7.04. The van der Waals surface area contributed by atoms with Gasteiger partial charge in [-0.2, -0.15) is 0 Å². The number of carbonyl (C=O) groups is 1. The molecule has 3 aromatic rings. The minimum atomic E-state index is 0.0905. The summed E-state index contributed by atoms with van der Waals surface area (Å²) in [5.41, 5.74) is 2.75. The van der Waals surface area contributed by atoms with Crippen molar-refractivity contribution in [1.82, 2.24) is 14.9 Å². The highest BCUT2D eigenvalue weighted by molar-refractivity contribution is 6.30. The number of nitrogens with one attached hydrogen (secondary N) is 1. The Bertz CT molecular complexity index is 1040. The fourth-order valence-electron chi connectivity index (χ4n) is 3.94. The molecular formula is C21H20ClN5O. The molecule has 0 spiro atoms. The van der Waals surface area contributed by atoms with Crippen molar-refractivity contribution in [1.29, 1.82) is 0 Å². The molecule has 0 amide bonds. The molecule has 0 saturated carbocycles. The van der Waals surface area contributed by atoms with Gasteiger partial charge in [0.15, 0.2) is 5.78 Å². The summed E-state index contributed by atoms with van der Waals surface area (Å²) in [7, 11) is 0. The molecule has 2 aliphatic heterocycles. The van der Waals surface area contributed by atoms with E-state index >= 15 is 0 Å². The third kappa shape index (κ3) is 3.19. The van der Waals surface area contributed by atoms with Crippen LogP contribution in [0, 0.1) is 0 Å². The number of Topliss-reactive ketones (excluding diaryl/α,β-unsaturated/α-hetero) is 1. The van der Waals surface area contributed by atoms with Crippen molar-refractivity contribution in [2.75, 3.05) is 42.9 Å². The topological polar surface area (TPSA) is 61.4 Å². The second-order valence-corrected chi connectivity index (χ2v) is 7.64. The minimum Gasteiger partial charge on any atom is -0.369 e. The van der Waals surface area contributed by atoms with Gasteiger partial charge in [0.25, 0.3) is 0 Å². The van der Waals surface area contributed by atoms with E-state index in [-0.39, 0.29) is 5.78 Å². The van der Waals surface area contributed by atoms with Crippen LogP contribution in [-0.4, -0.2) is 53.4 Å². The van der Waals surface area contributed by atoms with Crippen molar-refractivity contribution in [2.45, 2.75) is 6.54 Å². The van der Waals surface area contributed by atoms with E-state index in [2.05, 4.69) is 27.2 Å². The van der Waals surface area contributed by atoms with E-state index in [4.69, 9.17) is 21.6 Å². The van der Waals surface area contributed by atoms with Crippen LogP contribution in [-0.2, 0) is 6.54 Å². The van der Waals surface area contributed by atoms with Gasteiger partial charge in [-0.15, -0.1) is 0 Å². The van der Waals surface area contributed by atoms with Crippen LogP contribution in [0.4, 0.5) is 11.5 Å². The van der Waals surface area contributed by atoms with Gasteiger partial charge in [0.1, 0.15) is 11.6 Å². The van der Waals surface area contributed by atoms with Crippen molar-refractivity contribution in [3.63, 3.8) is 0 Å². The standard InChI is InChI=1S/C21H20ClN5O/c22-14-4-6-15(7-5-14)27-10-8-26(9-11-27)13-19-24-17-3-1-2-16-18(28)12-23-21(25-19)20(16)17/h1-7H,8-13H2,(H,23,24,25). The monoisotopic (exact) mass is 393 g/mol. The van der Waals surface area contributed by atoms with Gasteiger partial charge in [0.05, 0.1) is 24.0 Å². The molecule has 0 unspecified atom stereocenters. The van der Waals surface area contributed by atoms with Crippen LogP contribution in [0.1, 0.15) is 16.2 Å². The van der Waals surface area contributed by atoms with Crippen LogP contribution in [0.2, 0.25) is 5.02 Å². The Hall–Kier alpha value is -2.70. The molecule has 6 nitrogen and oxygen atoms in total. The van der Waals surface area contributed by atoms with Crippen LogP contribution in [0.5, 0.6) is 0 Å². The number of piperazine rings is 1. The molecule has 0 bridgehead atoms. The molecule has 5 rings (SSSR count). The number of rotatable bonds is 3. The second-order valence-electron chi connectivity index (χ2n) is 7.20. The first kappa shape index (κ1) is 17.4. The molecule has 2 aliphatic rings. The molecule has 2 aromatic carbocycles. The fourth-order valence-corrected chi connectivity index (χ4v) is 4.06. The van der Waals surface area contributed by atoms with Crippen LogP contribution < -0.4 is 10.2 Å². The van der Waals surface area contributed by atoms with Crippen LogP contribution >= 0.6 is 11.6 Å². The predicted octanol–water partition coefficient (Wildman–Crippen LogP) is 3.21. The van der Waals surface area contributed by atoms with Crippen molar-refractivity contribution in [2.24, 2.45) is 0 Å². The van der Waals surface area contributed by atoms with Gasteiger partial charge in [0, 0.05) is 42.5 Å². The Kier molecular flexibility index (Phi) is 4.37. The zero-order valence-electron chi connectivity index (χ0n) is 15.4. The maximum atomic E-state index is 12.1. The molecule has 1 fully saturated rings. The van der Waals surface area contributed by atoms with E-state index in [0.29, 0.717) is 13.1 Å². The lowest BCUT2D eigenvalue weighted by molar-refractivity contribution is 0.101. The van der Waals surface area contributed by atoms with Gasteiger partial charge < -0.3 is 10.2 Å². The van der Waals surface area contributed by atoms with Gasteiger partial charge in [0.2, 0.25) is 0 Å². The smallest absolute Gasteiger partial charge is 0.182 e. The summed E-state index contributed by atoms with van der Waals surface area (Å²) >= 11 is 5.99. The van der Waals surface area contributed by atoms with Gasteiger partial charge in [-0.1, -0.05) is 23.7 Å². The number of hydrogen-bond donors (Lipinski definition) is 1. The molecule has 3 heterocycles. The fraction of sp³-hybridized carbons (Fsp3) is 0.286. The Morgan fingerprint density at radius 2 is 1.79 bits per heavy atom. The quantitative estimate of drug-likeness (QED) is 0.737. The van der Waals surface area contributed by atoms with Crippen LogP contribution in [0.3, 0.4) is 0 Å². The Labute approximate surface area is 168 Å². The maximum absolute atomic E-state index is 12.1. The SMILES string of the molecule is O=C1CNc2nc(CN3CCN(c4ccc(Cl)cc4)CC3)nc3cccc1c23. The van der Waals surface area contributed by atoms with E-state index in [1.165, 1.54) is 5.69 Å². The highest BCUT2D eigenvalue weighted by Gasteiger charge is 2.23. The Morgan fingerprint density at radius 1 is 1.00 bits per heavy atom. The van der Waals surface area contributed by atoms with Gasteiger partial charge in [-0.25, -0.2) is 9.97 Å². The molecule has 1 saturated heterocycles. The first-order valence-corrected chi connectivity index (χ1v) is 9.85. The predicted molar refractivity (Wildman–Crippen MR) is 111 cm³/mol. The van der Waals surface area contributed by atoms with Crippen molar-refractivity contribution < 1.29 is 4.79 Å². The molecule has 7 heteroatoms. The Balaban J connectivity index is 1.32. The van der Waals surface area contributed by atoms with E-state index in [9.17, 15) is 4.79 Å². The van der Waals surface area contributed by atoms with Gasteiger partial charge in [-0.3, -0.25) is 9.69 Å². The first-order valence-electron chi connectivity index (χ1n) is 9.47. The summed E-state index contributed by atoms with van der Waals surface area (Å²) in [6.07, 6.45) is 0. The Morgan fingerprint density at radius 3 is 2.57 bits per heavy atom. The third-order valence-electron chi connectivity index (χ3n) is 5.42. The maximum Gasteiger partial charge on any atom is 0.182 e. The lowest BCUT2D eigenvalue weighted by Crippen LogP contribution is -2.46. The molecule has 0 radical (unpaired) electrons. The van der Waals surface area contributed by atoms with Crippen LogP contribution in [0.15, 0.2) is 42.5 Å². The van der Waals surface area contributed by atoms with E-state index in [1.807, 2.05) is 30.3 Å². The molecule has 142 valence electrons. The van der Waals surface area contributed by atoms with Crippen molar-refractivity contribution in [3.05, 3.63) is 58.9 Å². The average Bonchev–Trinajstić information content (AvgIpc) is 2.72. The number of nitrogens with zero attached hydrogens (tertiary/aromatic N) is 4. The molecule has 1 aromatic heterocycles. The van der Waals surface area contributed by atoms with E-state index < -0.39 is 0 Å². The molecule has 0 aliphatic carbocycles. The van der Waals surface area contributed by atoms with Crippen molar-refractivity contribution in [3.8, 4) is 0 Å². The lowest BCUT2D eigenvalue weighted by atomic mass is 10.0. The molecule has 1 N–H and O–H groups in total. The molecular weight excluding hydrogens is 374 g/mol. The summed E-state index contributed by atoms with van der Waals surface area (Å²) in [5, 5.41) is 4.75. The summed E-state index contributed by atoms with van der Waals surface area (Å²) < 4.78 is 0. The van der Waals surface area contributed by atoms with E-state index in [1.54, 1.807) is 0 Å². The lowest BCUT2D eigenvalue weighted by Gasteiger charge is -2.35. The average molecular weight is 394 g/mol. The summed E-state index contributed by atoms with van der Waals surface area (Å²) in [6.45, 7) is 4.81. The highest BCUT2D eigenvalue weighted by atomic mass is 35.5. The summed E-state index contributed by atoms with van der Waals surface area (Å²) in [6, 6.07) is 13.7. The number of halogens is 1.